The molecule has 4 aromatic rings. The lowest BCUT2D eigenvalue weighted by Crippen LogP contribution is -2.50. The molecule has 3 atom stereocenters. The SMILES string of the molecule is C[C@@H]1CN([C@@H](C)CO)C(=O)c2cc(NC(=O)Nc3cccc4ccccc34)ccc2O[C@@H]1CN(C)C(=O)Nc1ccc(F)cc1. The van der Waals surface area contributed by atoms with E-state index in [0.29, 0.717) is 22.8 Å². The van der Waals surface area contributed by atoms with E-state index in [9.17, 15) is 23.9 Å². The first-order valence-electron chi connectivity index (χ1n) is 14.7. The van der Waals surface area contributed by atoms with E-state index in [1.54, 1.807) is 37.1 Å². The molecule has 45 heavy (non-hydrogen) atoms. The fourth-order valence-electron chi connectivity index (χ4n) is 5.24. The second-order valence-corrected chi connectivity index (χ2v) is 11.3. The highest BCUT2D eigenvalue weighted by Gasteiger charge is 2.34. The Morgan fingerprint density at radius 1 is 1.00 bits per heavy atom. The molecule has 0 fully saturated rings. The van der Waals surface area contributed by atoms with Crippen LogP contribution in [0.4, 0.5) is 31.0 Å². The van der Waals surface area contributed by atoms with Crippen molar-refractivity contribution in [1.29, 1.82) is 0 Å². The van der Waals surface area contributed by atoms with Crippen LogP contribution in [0.3, 0.4) is 0 Å². The highest BCUT2D eigenvalue weighted by Crippen LogP contribution is 2.31. The zero-order valence-electron chi connectivity index (χ0n) is 25.3. The summed E-state index contributed by atoms with van der Waals surface area (Å²) in [6.07, 6.45) is -0.525. The molecule has 0 bridgehead atoms. The maximum absolute atomic E-state index is 13.8. The van der Waals surface area contributed by atoms with Crippen LogP contribution in [-0.4, -0.2) is 71.8 Å². The number of anilines is 3. The molecular weight excluding hydrogens is 577 g/mol. The zero-order valence-corrected chi connectivity index (χ0v) is 25.3. The van der Waals surface area contributed by atoms with Gasteiger partial charge in [-0.25, -0.2) is 14.0 Å². The van der Waals surface area contributed by atoms with Gasteiger partial charge in [0.2, 0.25) is 0 Å². The van der Waals surface area contributed by atoms with Crippen LogP contribution in [0.15, 0.2) is 84.9 Å². The Bertz CT molecular complexity index is 1690. The predicted molar refractivity (Wildman–Crippen MR) is 172 cm³/mol. The number of amides is 5. The van der Waals surface area contributed by atoms with Crippen molar-refractivity contribution in [2.45, 2.75) is 26.0 Å². The van der Waals surface area contributed by atoms with Crippen molar-refractivity contribution >= 4 is 45.8 Å². The summed E-state index contributed by atoms with van der Waals surface area (Å²) in [5.41, 5.74) is 1.68. The number of benzene rings is 4. The fraction of sp³-hybridized carbons (Fsp3) is 0.265. The molecule has 5 rings (SSSR count). The van der Waals surface area contributed by atoms with Crippen molar-refractivity contribution in [1.82, 2.24) is 9.80 Å². The number of hydrogen-bond donors (Lipinski definition) is 4. The summed E-state index contributed by atoms with van der Waals surface area (Å²) in [5.74, 6) is -0.686. The molecule has 1 aliphatic rings. The quantitative estimate of drug-likeness (QED) is 0.203. The average Bonchev–Trinajstić information content (AvgIpc) is 3.03. The summed E-state index contributed by atoms with van der Waals surface area (Å²) in [7, 11) is 1.62. The fourth-order valence-corrected chi connectivity index (χ4v) is 5.24. The van der Waals surface area contributed by atoms with Gasteiger partial charge in [0.25, 0.3) is 5.91 Å². The molecule has 0 unspecified atom stereocenters. The number of fused-ring (bicyclic) bond motifs is 2. The zero-order chi connectivity index (χ0) is 32.1. The average molecular weight is 614 g/mol. The topological polar surface area (TPSA) is 123 Å². The van der Waals surface area contributed by atoms with Crippen LogP contribution in [0.2, 0.25) is 0 Å². The molecule has 10 nitrogen and oxygen atoms in total. The number of rotatable bonds is 7. The molecule has 11 heteroatoms. The molecule has 0 spiro atoms. The number of hydrogen-bond acceptors (Lipinski definition) is 5. The van der Waals surface area contributed by atoms with Gasteiger partial charge >= 0.3 is 12.1 Å². The molecule has 0 saturated carbocycles. The number of nitrogens with one attached hydrogen (secondary N) is 3. The number of nitrogens with zero attached hydrogens (tertiary/aromatic N) is 2. The number of aliphatic hydroxyl groups excluding tert-OH is 1. The van der Waals surface area contributed by atoms with Gasteiger partial charge in [-0.3, -0.25) is 4.79 Å². The third-order valence-corrected chi connectivity index (χ3v) is 7.86. The first-order chi connectivity index (χ1) is 21.6. The van der Waals surface area contributed by atoms with Crippen LogP contribution in [0.1, 0.15) is 24.2 Å². The lowest BCUT2D eigenvalue weighted by atomic mass is 9.99. The van der Waals surface area contributed by atoms with Gasteiger partial charge in [-0.1, -0.05) is 43.3 Å². The van der Waals surface area contributed by atoms with Crippen molar-refractivity contribution in [3.8, 4) is 5.75 Å². The third kappa shape index (κ3) is 7.32. The minimum absolute atomic E-state index is 0.177. The van der Waals surface area contributed by atoms with E-state index in [2.05, 4.69) is 16.0 Å². The van der Waals surface area contributed by atoms with Gasteiger partial charge in [0.05, 0.1) is 30.4 Å². The molecule has 0 radical (unpaired) electrons. The molecule has 0 aromatic heterocycles. The monoisotopic (exact) mass is 613 g/mol. The van der Waals surface area contributed by atoms with Crippen molar-refractivity contribution < 1.29 is 28.6 Å². The highest BCUT2D eigenvalue weighted by atomic mass is 19.1. The summed E-state index contributed by atoms with van der Waals surface area (Å²) < 4.78 is 19.7. The van der Waals surface area contributed by atoms with Crippen LogP contribution >= 0.6 is 0 Å². The van der Waals surface area contributed by atoms with Crippen LogP contribution in [-0.2, 0) is 0 Å². The number of carbonyl (C=O) groups is 3. The first-order valence-corrected chi connectivity index (χ1v) is 14.7. The van der Waals surface area contributed by atoms with Crippen molar-refractivity contribution in [2.24, 2.45) is 5.92 Å². The van der Waals surface area contributed by atoms with Gasteiger partial charge in [0.1, 0.15) is 17.7 Å². The molecule has 4 N–H and O–H groups in total. The lowest BCUT2D eigenvalue weighted by molar-refractivity contribution is 0.0371. The summed E-state index contributed by atoms with van der Waals surface area (Å²) in [5, 5.41) is 20.3. The third-order valence-electron chi connectivity index (χ3n) is 7.86. The summed E-state index contributed by atoms with van der Waals surface area (Å²) in [6.45, 7) is 3.86. The highest BCUT2D eigenvalue weighted by molar-refractivity contribution is 6.07. The van der Waals surface area contributed by atoms with Gasteiger partial charge in [-0.05, 0) is 60.8 Å². The predicted octanol–water partition coefficient (Wildman–Crippen LogP) is 6.01. The Morgan fingerprint density at radius 2 is 1.71 bits per heavy atom. The Kier molecular flexibility index (Phi) is 9.48. The number of urea groups is 2. The van der Waals surface area contributed by atoms with E-state index in [1.807, 2.05) is 49.4 Å². The van der Waals surface area contributed by atoms with Gasteiger partial charge in [-0.2, -0.15) is 0 Å². The normalized spacial score (nSPS) is 16.9. The van der Waals surface area contributed by atoms with Crippen molar-refractivity contribution in [3.05, 3.63) is 96.3 Å². The molecule has 234 valence electrons. The Morgan fingerprint density at radius 3 is 2.47 bits per heavy atom. The maximum atomic E-state index is 13.8. The largest absolute Gasteiger partial charge is 0.487 e. The molecule has 5 amide bonds. The number of carbonyl (C=O) groups excluding carboxylic acids is 3. The van der Waals surface area contributed by atoms with Gasteiger partial charge in [-0.15, -0.1) is 0 Å². The standard InChI is InChI=1S/C34H36FN5O5/c1-21-18-40(22(2)20-41)32(42)28-17-26(36-33(43)38-29-10-6-8-23-7-4-5-9-27(23)29)15-16-30(28)45-31(21)19-39(3)34(44)37-25-13-11-24(35)12-14-25/h4-17,21-22,31,41H,18-20H2,1-3H3,(H,37,44)(H2,36,38,43)/t21-,22+,31-/m1/s1. The summed E-state index contributed by atoms with van der Waals surface area (Å²) in [4.78, 5) is 42.7. The van der Waals surface area contributed by atoms with E-state index in [-0.39, 0.29) is 37.1 Å². The van der Waals surface area contributed by atoms with Gasteiger partial charge < -0.3 is 35.6 Å². The second kappa shape index (κ2) is 13.6. The Hall–Kier alpha value is -5.16. The molecule has 0 saturated heterocycles. The Balaban J connectivity index is 1.36. The van der Waals surface area contributed by atoms with Crippen molar-refractivity contribution in [3.63, 3.8) is 0 Å². The van der Waals surface area contributed by atoms with Crippen LogP contribution in [0.25, 0.3) is 10.8 Å². The van der Waals surface area contributed by atoms with Crippen LogP contribution in [0.5, 0.6) is 5.75 Å². The molecular formula is C34H36FN5O5. The molecule has 1 heterocycles. The molecule has 0 aliphatic carbocycles. The van der Waals surface area contributed by atoms with E-state index in [1.165, 1.54) is 29.2 Å². The minimum atomic E-state index is -0.525. The number of halogens is 1. The number of ether oxygens (including phenoxy) is 1. The van der Waals surface area contributed by atoms with Gasteiger partial charge in [0.15, 0.2) is 0 Å². The first kappa shape index (κ1) is 31.3. The minimum Gasteiger partial charge on any atom is -0.487 e. The van der Waals surface area contributed by atoms with Crippen LogP contribution in [0, 0.1) is 11.7 Å². The Labute approximate surface area is 260 Å². The maximum Gasteiger partial charge on any atom is 0.323 e. The summed E-state index contributed by atoms with van der Waals surface area (Å²) >= 11 is 0. The van der Waals surface area contributed by atoms with E-state index in [0.717, 1.165) is 10.8 Å². The lowest BCUT2D eigenvalue weighted by Gasteiger charge is -2.38. The second-order valence-electron chi connectivity index (χ2n) is 11.3. The van der Waals surface area contributed by atoms with Gasteiger partial charge in [0, 0.05) is 36.3 Å². The van der Waals surface area contributed by atoms with E-state index >= 15 is 0 Å². The van der Waals surface area contributed by atoms with Crippen molar-refractivity contribution in [2.75, 3.05) is 42.7 Å². The summed E-state index contributed by atoms with van der Waals surface area (Å²) in [6, 6.07) is 22.2. The van der Waals surface area contributed by atoms with E-state index < -0.39 is 30.0 Å². The molecule has 1 aliphatic heterocycles. The smallest absolute Gasteiger partial charge is 0.323 e. The molecule has 4 aromatic carbocycles. The van der Waals surface area contributed by atoms with Crippen LogP contribution < -0.4 is 20.7 Å². The van der Waals surface area contributed by atoms with E-state index in [4.69, 9.17) is 4.74 Å². The number of likely N-dealkylation sites (N-methyl/N-ethyl adjacent to an activating group) is 1. The number of aliphatic hydroxyl groups is 1.